The Morgan fingerprint density at radius 3 is 2.30 bits per heavy atom. The summed E-state index contributed by atoms with van der Waals surface area (Å²) in [7, 11) is 3.82. The molecule has 0 fully saturated rings. The highest BCUT2D eigenvalue weighted by molar-refractivity contribution is 6.23. The third-order valence-electron chi connectivity index (χ3n) is 3.77. The minimum Gasteiger partial charge on any atom is -0.763 e. The smallest absolute Gasteiger partial charge is 0.344 e. The molecule has 0 aliphatic carbocycles. The number of aromatic nitrogens is 1. The highest BCUT2D eigenvalue weighted by Gasteiger charge is 2.24. The lowest BCUT2D eigenvalue weighted by atomic mass is 10.1. The number of hydrogen-bond donors (Lipinski definition) is 0. The van der Waals surface area contributed by atoms with Crippen LogP contribution in [0.1, 0.15) is 17.3 Å². The summed E-state index contributed by atoms with van der Waals surface area (Å²) in [4.78, 5) is 26.9. The van der Waals surface area contributed by atoms with E-state index < -0.39 is 5.97 Å². The Labute approximate surface area is 158 Å². The van der Waals surface area contributed by atoms with Gasteiger partial charge in [-0.2, -0.15) is 4.57 Å². The summed E-state index contributed by atoms with van der Waals surface area (Å²) in [5.74, 6) is 0.745. The van der Waals surface area contributed by atoms with Crippen LogP contribution in [0.3, 0.4) is 0 Å². The van der Waals surface area contributed by atoms with E-state index in [1.54, 1.807) is 48.1 Å². The van der Waals surface area contributed by atoms with Crippen molar-refractivity contribution in [1.82, 2.24) is 0 Å². The number of benzene rings is 1. The molecule has 0 atom stereocenters. The second kappa shape index (κ2) is 9.27. The zero-order valence-electron chi connectivity index (χ0n) is 15.5. The predicted octanol–water partition coefficient (Wildman–Crippen LogP) is 2.49. The van der Waals surface area contributed by atoms with E-state index in [-0.39, 0.29) is 23.7 Å². The highest BCUT2D eigenvalue weighted by Crippen LogP contribution is 2.13. The molecule has 6 nitrogen and oxygen atoms in total. The summed E-state index contributed by atoms with van der Waals surface area (Å²) < 4.78 is 6.48. The SMILES string of the molecule is CCOC(=O)C(=C=[N-])/C=C(/C(=O)c1ccccc1)[n+]1ccc(N(C)C)cc1. The first-order chi connectivity index (χ1) is 13.0. The van der Waals surface area contributed by atoms with Gasteiger partial charge in [-0.15, -0.1) is 0 Å². The van der Waals surface area contributed by atoms with Crippen molar-refractivity contribution in [2.24, 2.45) is 0 Å². The largest absolute Gasteiger partial charge is 0.763 e. The monoisotopic (exact) mass is 363 g/mol. The molecule has 0 spiro atoms. The van der Waals surface area contributed by atoms with Gasteiger partial charge in [-0.1, -0.05) is 30.3 Å². The van der Waals surface area contributed by atoms with Crippen LogP contribution in [0.25, 0.3) is 11.1 Å². The number of pyridine rings is 1. The summed E-state index contributed by atoms with van der Waals surface area (Å²) in [5, 5.41) is 9.33. The number of ether oxygens (including phenoxy) is 1. The summed E-state index contributed by atoms with van der Waals surface area (Å²) >= 11 is 0. The molecule has 6 heteroatoms. The Balaban J connectivity index is 2.54. The molecular formula is C21H21N3O3. The molecular weight excluding hydrogens is 342 g/mol. The summed E-state index contributed by atoms with van der Waals surface area (Å²) in [6, 6.07) is 12.4. The third kappa shape index (κ3) is 5.00. The van der Waals surface area contributed by atoms with Gasteiger partial charge in [-0.25, -0.2) is 4.79 Å². The maximum Gasteiger partial charge on any atom is 0.344 e. The van der Waals surface area contributed by atoms with Gasteiger partial charge in [0, 0.05) is 43.6 Å². The third-order valence-corrected chi connectivity index (χ3v) is 3.77. The zero-order valence-corrected chi connectivity index (χ0v) is 15.5. The molecule has 0 saturated heterocycles. The average molecular weight is 363 g/mol. The predicted molar refractivity (Wildman–Crippen MR) is 105 cm³/mol. The van der Waals surface area contributed by atoms with E-state index >= 15 is 0 Å². The number of Topliss-reactive ketones (excluding diaryl/α,β-unsaturated/α-hetero) is 1. The van der Waals surface area contributed by atoms with Gasteiger partial charge >= 0.3 is 5.97 Å². The molecule has 27 heavy (non-hydrogen) atoms. The Bertz CT molecular complexity index is 894. The first kappa shape index (κ1) is 19.8. The second-order valence-electron chi connectivity index (χ2n) is 5.83. The number of rotatable bonds is 7. The average Bonchev–Trinajstić information content (AvgIpc) is 2.69. The molecule has 0 N–H and O–H groups in total. The van der Waals surface area contributed by atoms with Crippen molar-refractivity contribution in [2.45, 2.75) is 6.92 Å². The van der Waals surface area contributed by atoms with Crippen LogP contribution in [0.5, 0.6) is 0 Å². The lowest BCUT2D eigenvalue weighted by Gasteiger charge is -2.11. The Hall–Kier alpha value is -3.50. The van der Waals surface area contributed by atoms with E-state index in [1.165, 1.54) is 6.08 Å². The molecule has 2 aromatic rings. The van der Waals surface area contributed by atoms with Crippen LogP contribution in [-0.4, -0.2) is 38.3 Å². The normalized spacial score (nSPS) is 10.7. The molecule has 2 rings (SSSR count). The van der Waals surface area contributed by atoms with Crippen molar-refractivity contribution < 1.29 is 18.9 Å². The van der Waals surface area contributed by atoms with E-state index in [1.807, 2.05) is 43.1 Å². The second-order valence-corrected chi connectivity index (χ2v) is 5.83. The first-order valence-electron chi connectivity index (χ1n) is 8.42. The van der Waals surface area contributed by atoms with Crippen LogP contribution in [0.4, 0.5) is 5.69 Å². The topological polar surface area (TPSA) is 72.8 Å². The van der Waals surface area contributed by atoms with Crippen LogP contribution in [0, 0.1) is 0 Å². The molecule has 0 unspecified atom stereocenters. The van der Waals surface area contributed by atoms with Crippen LogP contribution in [0.15, 0.2) is 66.5 Å². The number of carbonyl (C=O) groups excluding carboxylic acids is 2. The fourth-order valence-electron chi connectivity index (χ4n) is 2.35. The summed E-state index contributed by atoms with van der Waals surface area (Å²) in [5.41, 5.74) is 1.35. The van der Waals surface area contributed by atoms with Crippen LogP contribution in [0.2, 0.25) is 0 Å². The number of hydrogen-bond acceptors (Lipinski definition) is 4. The lowest BCUT2D eigenvalue weighted by Crippen LogP contribution is -2.36. The van der Waals surface area contributed by atoms with E-state index in [9.17, 15) is 15.0 Å². The number of ketones is 1. The van der Waals surface area contributed by atoms with Gasteiger partial charge < -0.3 is 15.0 Å². The molecule has 0 aliphatic heterocycles. The highest BCUT2D eigenvalue weighted by atomic mass is 16.5. The molecule has 1 aromatic carbocycles. The fourth-order valence-corrected chi connectivity index (χ4v) is 2.35. The van der Waals surface area contributed by atoms with Crippen LogP contribution in [-0.2, 0) is 9.53 Å². The van der Waals surface area contributed by atoms with Crippen molar-refractivity contribution in [3.8, 4) is 0 Å². The molecule has 138 valence electrons. The molecule has 0 radical (unpaired) electrons. The molecule has 1 heterocycles. The van der Waals surface area contributed by atoms with E-state index in [2.05, 4.69) is 0 Å². The molecule has 0 saturated carbocycles. The van der Waals surface area contributed by atoms with E-state index in [0.29, 0.717) is 5.56 Å². The van der Waals surface area contributed by atoms with Gasteiger partial charge in [0.25, 0.3) is 11.5 Å². The van der Waals surface area contributed by atoms with Gasteiger partial charge in [0.05, 0.1) is 12.2 Å². The summed E-state index contributed by atoms with van der Waals surface area (Å²) in [6.45, 7) is 1.80. The van der Waals surface area contributed by atoms with Crippen LogP contribution < -0.4 is 9.47 Å². The zero-order chi connectivity index (χ0) is 19.8. The summed E-state index contributed by atoms with van der Waals surface area (Å²) in [6.07, 6.45) is 4.69. The van der Waals surface area contributed by atoms with E-state index in [4.69, 9.17) is 4.74 Å². The molecule has 1 aromatic heterocycles. The molecule has 0 aliphatic rings. The van der Waals surface area contributed by atoms with Crippen molar-refractivity contribution in [3.05, 3.63) is 77.5 Å². The van der Waals surface area contributed by atoms with Crippen LogP contribution >= 0.6 is 0 Å². The molecule has 0 amide bonds. The van der Waals surface area contributed by atoms with Gasteiger partial charge in [0.2, 0.25) is 0 Å². The number of anilines is 1. The maximum atomic E-state index is 13.0. The van der Waals surface area contributed by atoms with E-state index in [0.717, 1.165) is 5.69 Å². The van der Waals surface area contributed by atoms with Gasteiger partial charge in [-0.05, 0) is 6.92 Å². The lowest BCUT2D eigenvalue weighted by molar-refractivity contribution is -0.576. The van der Waals surface area contributed by atoms with Crippen molar-refractivity contribution in [2.75, 3.05) is 25.6 Å². The maximum absolute atomic E-state index is 13.0. The Morgan fingerprint density at radius 1 is 1.15 bits per heavy atom. The van der Waals surface area contributed by atoms with Crippen molar-refractivity contribution in [1.29, 1.82) is 0 Å². The van der Waals surface area contributed by atoms with Gasteiger partial charge in [0.1, 0.15) is 0 Å². The van der Waals surface area contributed by atoms with Crippen molar-refractivity contribution in [3.63, 3.8) is 0 Å². The standard InChI is InChI=1S/C21H21N3O3/c1-4-27-21(26)17(15-22)14-19(20(25)16-8-6-5-7-9-16)24-12-10-18(11-13-24)23(2)3/h5-14H,4H2,1-3H3/b19-14-. The minimum absolute atomic E-state index is 0.143. The molecule has 0 bridgehead atoms. The number of nitrogens with zero attached hydrogens (tertiary/aromatic N) is 3. The number of allylic oxidation sites excluding steroid dienone is 1. The quantitative estimate of drug-likeness (QED) is 0.189. The van der Waals surface area contributed by atoms with Gasteiger partial charge in [0.15, 0.2) is 12.4 Å². The van der Waals surface area contributed by atoms with Crippen molar-refractivity contribution >= 4 is 29.0 Å². The number of carbonyl (C=O) groups is 2. The Kier molecular flexibility index (Phi) is 6.80. The fraction of sp³-hybridized carbons (Fsp3) is 0.190. The first-order valence-corrected chi connectivity index (χ1v) is 8.42. The Morgan fingerprint density at radius 2 is 1.78 bits per heavy atom. The number of esters is 1. The minimum atomic E-state index is -0.760. The van der Waals surface area contributed by atoms with Gasteiger partial charge in [-0.3, -0.25) is 10.7 Å².